The fraction of sp³-hybridized carbons (Fsp3) is 0.417. The molecule has 88 valence electrons. The lowest BCUT2D eigenvalue weighted by atomic mass is 10.1. The zero-order chi connectivity index (χ0) is 12.1. The number of hydrogen-bond donors (Lipinski definition) is 1. The van der Waals surface area contributed by atoms with Crippen LogP contribution in [0.25, 0.3) is 0 Å². The van der Waals surface area contributed by atoms with Crippen molar-refractivity contribution in [3.8, 4) is 0 Å². The van der Waals surface area contributed by atoms with Gasteiger partial charge in [-0.05, 0) is 20.0 Å². The van der Waals surface area contributed by atoms with Crippen molar-refractivity contribution >= 4 is 17.2 Å². The Hall–Kier alpha value is -1.00. The quantitative estimate of drug-likeness (QED) is 0.802. The Labute approximate surface area is 101 Å². The molecule has 1 aromatic carbocycles. The van der Waals surface area contributed by atoms with Gasteiger partial charge in [-0.1, -0.05) is 30.4 Å². The summed E-state index contributed by atoms with van der Waals surface area (Å²) in [6.07, 6.45) is 0.657. The smallest absolute Gasteiger partial charge is 0.127 e. The molecule has 2 N–H and O–H groups in total. The molecule has 0 heterocycles. The van der Waals surface area contributed by atoms with E-state index in [0.717, 1.165) is 6.54 Å². The minimum Gasteiger partial charge on any atom is -0.393 e. The van der Waals surface area contributed by atoms with Gasteiger partial charge in [-0.15, -0.1) is 0 Å². The third kappa shape index (κ3) is 3.54. The summed E-state index contributed by atoms with van der Waals surface area (Å²) in [4.78, 5) is 2.53. The Bertz CT molecular complexity index is 368. The largest absolute Gasteiger partial charge is 0.393 e. The summed E-state index contributed by atoms with van der Waals surface area (Å²) in [7, 11) is 1.94. The summed E-state index contributed by atoms with van der Waals surface area (Å²) in [5.74, 6) is -0.169. The molecule has 1 aromatic rings. The fourth-order valence-electron chi connectivity index (χ4n) is 1.53. The molecule has 1 unspecified atom stereocenters. The van der Waals surface area contributed by atoms with Gasteiger partial charge in [0.1, 0.15) is 5.82 Å². The third-order valence-electron chi connectivity index (χ3n) is 2.73. The average molecular weight is 240 g/mol. The maximum absolute atomic E-state index is 13.5. The van der Waals surface area contributed by atoms with E-state index >= 15 is 0 Å². The molecular formula is C12H17FN2S. The molecule has 0 fully saturated rings. The first kappa shape index (κ1) is 13.1. The molecule has 4 heteroatoms. The SMILES string of the molecule is CC(c1ccccc1F)N(C)CCC(N)=S. The first-order valence-corrected chi connectivity index (χ1v) is 5.66. The fourth-order valence-corrected chi connectivity index (χ4v) is 1.62. The van der Waals surface area contributed by atoms with Crippen molar-refractivity contribution in [2.75, 3.05) is 13.6 Å². The zero-order valence-corrected chi connectivity index (χ0v) is 10.4. The highest BCUT2D eigenvalue weighted by Gasteiger charge is 2.14. The lowest BCUT2D eigenvalue weighted by Crippen LogP contribution is -2.27. The molecule has 16 heavy (non-hydrogen) atoms. The molecule has 0 bridgehead atoms. The van der Waals surface area contributed by atoms with Gasteiger partial charge in [-0.2, -0.15) is 0 Å². The second-order valence-corrected chi connectivity index (χ2v) is 4.42. The standard InChI is InChI=1S/C12H17FN2S/c1-9(15(2)8-7-12(14)16)10-5-3-4-6-11(10)13/h3-6,9H,7-8H2,1-2H3,(H2,14,16). The maximum atomic E-state index is 13.5. The third-order valence-corrected chi connectivity index (χ3v) is 2.93. The first-order valence-electron chi connectivity index (χ1n) is 5.25. The average Bonchev–Trinajstić information content (AvgIpc) is 2.25. The van der Waals surface area contributed by atoms with Crippen molar-refractivity contribution in [3.05, 3.63) is 35.6 Å². The van der Waals surface area contributed by atoms with Crippen molar-refractivity contribution in [3.63, 3.8) is 0 Å². The topological polar surface area (TPSA) is 29.3 Å². The lowest BCUT2D eigenvalue weighted by molar-refractivity contribution is 0.263. The van der Waals surface area contributed by atoms with Crippen molar-refractivity contribution in [2.45, 2.75) is 19.4 Å². The molecule has 0 aromatic heterocycles. The minimum absolute atomic E-state index is 0.0237. The molecule has 2 nitrogen and oxygen atoms in total. The summed E-state index contributed by atoms with van der Waals surface area (Å²) in [6, 6.07) is 6.84. The number of rotatable bonds is 5. The molecular weight excluding hydrogens is 223 g/mol. The second-order valence-electron chi connectivity index (χ2n) is 3.89. The van der Waals surface area contributed by atoms with Crippen LogP contribution in [0.4, 0.5) is 4.39 Å². The van der Waals surface area contributed by atoms with Crippen LogP contribution in [0.1, 0.15) is 24.9 Å². The van der Waals surface area contributed by atoms with Crippen molar-refractivity contribution < 1.29 is 4.39 Å². The monoisotopic (exact) mass is 240 g/mol. The summed E-state index contributed by atoms with van der Waals surface area (Å²) < 4.78 is 13.5. The summed E-state index contributed by atoms with van der Waals surface area (Å²) in [5.41, 5.74) is 6.14. The number of nitrogens with two attached hydrogens (primary N) is 1. The van der Waals surface area contributed by atoms with Gasteiger partial charge in [0, 0.05) is 24.6 Å². The van der Waals surface area contributed by atoms with E-state index in [9.17, 15) is 4.39 Å². The predicted molar refractivity (Wildman–Crippen MR) is 68.8 cm³/mol. The van der Waals surface area contributed by atoms with E-state index in [2.05, 4.69) is 0 Å². The lowest BCUT2D eigenvalue weighted by Gasteiger charge is -2.25. The van der Waals surface area contributed by atoms with Crippen LogP contribution < -0.4 is 5.73 Å². The van der Waals surface area contributed by atoms with Crippen LogP contribution in [0.2, 0.25) is 0 Å². The first-order chi connectivity index (χ1) is 7.52. The number of benzene rings is 1. The van der Waals surface area contributed by atoms with Crippen LogP contribution in [0.15, 0.2) is 24.3 Å². The molecule has 0 aliphatic rings. The van der Waals surface area contributed by atoms with E-state index in [0.29, 0.717) is 17.0 Å². The number of halogens is 1. The summed E-state index contributed by atoms with van der Waals surface area (Å²) in [5, 5.41) is 0. The summed E-state index contributed by atoms with van der Waals surface area (Å²) in [6.45, 7) is 2.71. The van der Waals surface area contributed by atoms with Gasteiger partial charge in [0.25, 0.3) is 0 Å². The van der Waals surface area contributed by atoms with E-state index < -0.39 is 0 Å². The van der Waals surface area contributed by atoms with Gasteiger partial charge in [-0.3, -0.25) is 4.90 Å². The van der Waals surface area contributed by atoms with Gasteiger partial charge >= 0.3 is 0 Å². The molecule has 1 atom stereocenters. The highest BCUT2D eigenvalue weighted by atomic mass is 32.1. The molecule has 0 saturated carbocycles. The summed E-state index contributed by atoms with van der Waals surface area (Å²) >= 11 is 4.82. The van der Waals surface area contributed by atoms with Crippen LogP contribution in [0.3, 0.4) is 0 Å². The van der Waals surface area contributed by atoms with Crippen molar-refractivity contribution in [2.24, 2.45) is 5.73 Å². The predicted octanol–water partition coefficient (Wildman–Crippen LogP) is 2.49. The van der Waals surface area contributed by atoms with Crippen LogP contribution in [0.5, 0.6) is 0 Å². The molecule has 0 amide bonds. The van der Waals surface area contributed by atoms with E-state index in [1.165, 1.54) is 6.07 Å². The van der Waals surface area contributed by atoms with Crippen LogP contribution >= 0.6 is 12.2 Å². The van der Waals surface area contributed by atoms with E-state index in [4.69, 9.17) is 18.0 Å². The molecule has 0 radical (unpaired) electrons. The Balaban J connectivity index is 2.66. The Morgan fingerprint density at radius 1 is 1.50 bits per heavy atom. The van der Waals surface area contributed by atoms with E-state index in [1.54, 1.807) is 12.1 Å². The van der Waals surface area contributed by atoms with E-state index in [-0.39, 0.29) is 11.9 Å². The van der Waals surface area contributed by atoms with Crippen LogP contribution in [-0.2, 0) is 0 Å². The van der Waals surface area contributed by atoms with Gasteiger partial charge in [0.15, 0.2) is 0 Å². The molecule has 0 aliphatic carbocycles. The van der Waals surface area contributed by atoms with Gasteiger partial charge < -0.3 is 5.73 Å². The van der Waals surface area contributed by atoms with Crippen molar-refractivity contribution in [1.82, 2.24) is 4.90 Å². The number of hydrogen-bond acceptors (Lipinski definition) is 2. The zero-order valence-electron chi connectivity index (χ0n) is 9.61. The Morgan fingerprint density at radius 2 is 2.12 bits per heavy atom. The normalized spacial score (nSPS) is 12.8. The van der Waals surface area contributed by atoms with Gasteiger partial charge in [-0.25, -0.2) is 4.39 Å². The van der Waals surface area contributed by atoms with Gasteiger partial charge in [0.05, 0.1) is 4.99 Å². The maximum Gasteiger partial charge on any atom is 0.127 e. The number of thiocarbonyl (C=S) groups is 1. The van der Waals surface area contributed by atoms with Crippen molar-refractivity contribution in [1.29, 1.82) is 0 Å². The molecule has 0 aliphatic heterocycles. The highest BCUT2D eigenvalue weighted by Crippen LogP contribution is 2.21. The molecule has 0 spiro atoms. The number of nitrogens with zero attached hydrogens (tertiary/aromatic N) is 1. The van der Waals surface area contributed by atoms with Crippen LogP contribution in [-0.4, -0.2) is 23.5 Å². The molecule has 1 rings (SSSR count). The highest BCUT2D eigenvalue weighted by molar-refractivity contribution is 7.80. The second kappa shape index (κ2) is 5.92. The molecule has 0 saturated heterocycles. The minimum atomic E-state index is -0.169. The van der Waals surface area contributed by atoms with Crippen LogP contribution in [0, 0.1) is 5.82 Å². The Kier molecular flexibility index (Phi) is 4.83. The van der Waals surface area contributed by atoms with E-state index in [1.807, 2.05) is 24.9 Å². The van der Waals surface area contributed by atoms with Gasteiger partial charge in [0.2, 0.25) is 0 Å². The Morgan fingerprint density at radius 3 is 2.69 bits per heavy atom.